The second-order valence-corrected chi connectivity index (χ2v) is 9.89. The molecular formula is C23H23ClN2O3S2U. The molecular weight excluding hydrogens is 690 g/mol. The molecule has 0 aliphatic heterocycles. The largest absolute Gasteiger partial charge is 2.00 e. The number of benzene rings is 1. The van der Waals surface area contributed by atoms with Crippen molar-refractivity contribution < 1.29 is 44.3 Å². The first-order chi connectivity index (χ1) is 14.9. The third kappa shape index (κ3) is 8.92. The third-order valence-electron chi connectivity index (χ3n) is 3.86. The van der Waals surface area contributed by atoms with Crippen LogP contribution in [0.1, 0.15) is 41.2 Å². The molecule has 0 aliphatic rings. The molecule has 0 fully saturated rings. The van der Waals surface area contributed by atoms with Crippen molar-refractivity contribution in [2.45, 2.75) is 31.7 Å². The Hall–Kier alpha value is -1.30. The zero-order chi connectivity index (χ0) is 22.7. The van der Waals surface area contributed by atoms with Crippen LogP contribution in [-0.2, 0) is 16.4 Å². The van der Waals surface area contributed by atoms with Gasteiger partial charge in [-0.25, -0.2) is 8.42 Å². The Morgan fingerprint density at radius 2 is 1.97 bits per heavy atom. The number of nitrogens with zero attached hydrogens (tertiary/aromatic N) is 2. The molecule has 1 aromatic carbocycles. The van der Waals surface area contributed by atoms with Crippen molar-refractivity contribution in [3.63, 3.8) is 0 Å². The minimum atomic E-state index is -3.36. The van der Waals surface area contributed by atoms with Gasteiger partial charge in [-0.1, -0.05) is 17.7 Å². The van der Waals surface area contributed by atoms with Crippen LogP contribution in [0.3, 0.4) is 0 Å². The number of pyridine rings is 1. The number of thiophene rings is 1. The minimum absolute atomic E-state index is 0. The van der Waals surface area contributed by atoms with Crippen LogP contribution in [0.25, 0.3) is 0 Å². The molecule has 0 unspecified atom stereocenters. The molecule has 3 aromatic rings. The summed E-state index contributed by atoms with van der Waals surface area (Å²) >= 11 is 7.34. The summed E-state index contributed by atoms with van der Waals surface area (Å²) in [4.78, 5) is 22.0. The minimum Gasteiger partial charge on any atom is -0.335 e. The van der Waals surface area contributed by atoms with E-state index in [0.717, 1.165) is 0 Å². The fourth-order valence-electron chi connectivity index (χ4n) is 2.48. The van der Waals surface area contributed by atoms with E-state index in [1.807, 2.05) is 25.6 Å². The molecule has 166 valence electrons. The van der Waals surface area contributed by atoms with Crippen molar-refractivity contribution in [1.82, 2.24) is 4.98 Å². The summed E-state index contributed by atoms with van der Waals surface area (Å²) in [5.74, 6) is -0.200. The third-order valence-corrected chi connectivity index (χ3v) is 6.70. The van der Waals surface area contributed by atoms with Gasteiger partial charge in [-0.2, -0.15) is 44.2 Å². The fourth-order valence-corrected chi connectivity index (χ4v) is 4.52. The molecule has 2 aromatic heterocycles. The van der Waals surface area contributed by atoms with Gasteiger partial charge in [0.1, 0.15) is 0 Å². The van der Waals surface area contributed by atoms with Crippen LogP contribution in [0.4, 0.5) is 0 Å². The summed E-state index contributed by atoms with van der Waals surface area (Å²) in [7, 11) is -3.36. The van der Waals surface area contributed by atoms with Crippen LogP contribution < -0.4 is 0 Å². The van der Waals surface area contributed by atoms with Gasteiger partial charge in [-0.3, -0.25) is 14.8 Å². The molecule has 0 N–H and O–H groups in total. The van der Waals surface area contributed by atoms with Gasteiger partial charge < -0.3 is 6.42 Å². The maximum absolute atomic E-state index is 12.6. The van der Waals surface area contributed by atoms with Crippen molar-refractivity contribution >= 4 is 44.8 Å². The van der Waals surface area contributed by atoms with Crippen LogP contribution in [0.5, 0.6) is 0 Å². The standard InChI is InChI=1S/C20H16ClN2O3S2.C3H7.U/c21-15-12-17(20(24)19-8-4-10-27-19)18(23-13-15)14-22-9-5-11-28(25,26)16-6-2-1-3-7-16;1-3-2;/h2-4,6-10,12-13H,5,11,14H2;3H,1-2H3;/q2*-1;+2. The van der Waals surface area contributed by atoms with E-state index in [-0.39, 0.29) is 60.5 Å². The van der Waals surface area contributed by atoms with Gasteiger partial charge >= 0.3 is 31.1 Å². The second-order valence-electron chi connectivity index (χ2n) is 6.40. The molecule has 0 aliphatic carbocycles. The van der Waals surface area contributed by atoms with E-state index in [4.69, 9.17) is 11.6 Å². The summed E-state index contributed by atoms with van der Waals surface area (Å²) in [6, 6.07) is 14.1. The number of sulfone groups is 1. The van der Waals surface area contributed by atoms with E-state index in [1.165, 1.54) is 29.7 Å². The number of carbonyl (C=O) groups excluding carboxylic acids is 1. The molecule has 0 bridgehead atoms. The Labute approximate surface area is 222 Å². The number of ketones is 1. The average Bonchev–Trinajstić information content (AvgIpc) is 3.30. The summed E-state index contributed by atoms with van der Waals surface area (Å²) in [5, 5.41) is 2.20. The van der Waals surface area contributed by atoms with Crippen molar-refractivity contribution in [3.05, 3.63) is 87.7 Å². The SMILES string of the molecule is C[CH-]C.O=C(c1cccs1)c1cc(Cl)cnc1CN=CCCS(=O)(=O)c1cc[c-]cc1.[U+2]. The first kappa shape index (κ1) is 28.7. The predicted octanol–water partition coefficient (Wildman–Crippen LogP) is 5.49. The molecule has 3 rings (SSSR count). The molecule has 0 radical (unpaired) electrons. The molecule has 5 nitrogen and oxygen atoms in total. The molecule has 32 heavy (non-hydrogen) atoms. The quantitative estimate of drug-likeness (QED) is 0.176. The van der Waals surface area contributed by atoms with Gasteiger partial charge in [0.15, 0.2) is 9.84 Å². The van der Waals surface area contributed by atoms with Crippen LogP contribution in [0.15, 0.2) is 63.9 Å². The van der Waals surface area contributed by atoms with Crippen LogP contribution >= 0.6 is 22.9 Å². The Balaban J connectivity index is 0.00000121. The van der Waals surface area contributed by atoms with Crippen molar-refractivity contribution in [1.29, 1.82) is 0 Å². The molecule has 0 spiro atoms. The summed E-state index contributed by atoms with van der Waals surface area (Å²) in [6.45, 7) is 4.17. The maximum atomic E-state index is 12.6. The predicted molar refractivity (Wildman–Crippen MR) is 127 cm³/mol. The van der Waals surface area contributed by atoms with Crippen LogP contribution in [0.2, 0.25) is 5.02 Å². The van der Waals surface area contributed by atoms with Crippen molar-refractivity contribution in [2.75, 3.05) is 5.75 Å². The number of rotatable bonds is 8. The van der Waals surface area contributed by atoms with Gasteiger partial charge in [0.2, 0.25) is 5.78 Å². The summed E-state index contributed by atoms with van der Waals surface area (Å²) in [6.07, 6.45) is 5.28. The monoisotopic (exact) mass is 712 g/mol. The molecule has 0 amide bonds. The molecule has 9 heteroatoms. The zero-order valence-electron chi connectivity index (χ0n) is 17.8. The molecule has 0 saturated carbocycles. The van der Waals surface area contributed by atoms with E-state index in [2.05, 4.69) is 16.0 Å². The smallest absolute Gasteiger partial charge is 0.335 e. The number of carbonyl (C=O) groups is 1. The second kappa shape index (κ2) is 14.8. The Morgan fingerprint density at radius 1 is 1.28 bits per heavy atom. The maximum Gasteiger partial charge on any atom is 2.00 e. The van der Waals surface area contributed by atoms with E-state index in [9.17, 15) is 13.2 Å². The molecule has 2 heterocycles. The van der Waals surface area contributed by atoms with E-state index >= 15 is 0 Å². The normalized spacial score (nSPS) is 10.8. The summed E-state index contributed by atoms with van der Waals surface area (Å²) < 4.78 is 24.5. The average molecular weight is 713 g/mol. The van der Waals surface area contributed by atoms with Crippen LogP contribution in [0, 0.1) is 43.6 Å². The van der Waals surface area contributed by atoms with Gasteiger partial charge in [-0.15, -0.1) is 11.3 Å². The number of aromatic nitrogens is 1. The topological polar surface area (TPSA) is 76.5 Å². The first-order valence-electron chi connectivity index (χ1n) is 9.52. The number of aliphatic imine (C=N–C) groups is 1. The Morgan fingerprint density at radius 3 is 2.59 bits per heavy atom. The number of hydrogen-bond acceptors (Lipinski definition) is 6. The number of hydrogen-bond donors (Lipinski definition) is 0. The fraction of sp³-hybridized carbons (Fsp3) is 0.217. The van der Waals surface area contributed by atoms with Crippen molar-refractivity contribution in [3.8, 4) is 0 Å². The van der Waals surface area contributed by atoms with Crippen LogP contribution in [-0.4, -0.2) is 31.2 Å². The Kier molecular flexibility index (Phi) is 13.3. The molecule has 0 atom stereocenters. The van der Waals surface area contributed by atoms with Crippen molar-refractivity contribution in [2.24, 2.45) is 4.99 Å². The Bertz CT molecular complexity index is 1100. The number of halogens is 1. The van der Waals surface area contributed by atoms with Gasteiger partial charge in [0.05, 0.1) is 27.9 Å². The first-order valence-corrected chi connectivity index (χ1v) is 12.4. The van der Waals surface area contributed by atoms with E-state index < -0.39 is 9.84 Å². The zero-order valence-corrected chi connectivity index (χ0v) is 24.3. The van der Waals surface area contributed by atoms with E-state index in [1.54, 1.807) is 36.5 Å². The van der Waals surface area contributed by atoms with E-state index in [0.29, 0.717) is 21.2 Å². The van der Waals surface area contributed by atoms with Gasteiger partial charge in [0.25, 0.3) is 0 Å². The van der Waals surface area contributed by atoms with Gasteiger partial charge in [0, 0.05) is 18.0 Å². The molecule has 0 saturated heterocycles. The van der Waals surface area contributed by atoms with Gasteiger partial charge in [-0.05, 0) is 28.8 Å². The summed E-state index contributed by atoms with van der Waals surface area (Å²) in [5.41, 5.74) is 0.903.